The van der Waals surface area contributed by atoms with Gasteiger partial charge in [0.25, 0.3) is 0 Å². The van der Waals surface area contributed by atoms with E-state index in [1.54, 1.807) is 31.4 Å². The van der Waals surface area contributed by atoms with E-state index in [2.05, 4.69) is 106 Å². The number of methoxy groups -OCH3 is 1. The first-order chi connectivity index (χ1) is 60.1. The largest absolute Gasteiger partial charge is 0.383 e. The Bertz CT molecular complexity index is 6230. The van der Waals surface area contributed by atoms with E-state index in [0.29, 0.717) is 140 Å². The summed E-state index contributed by atoms with van der Waals surface area (Å²) >= 11 is 0. The fourth-order valence-corrected chi connectivity index (χ4v) is 23.8. The molecule has 0 spiro atoms. The van der Waals surface area contributed by atoms with Crippen LogP contribution in [0.3, 0.4) is 0 Å². The molecule has 10 heterocycles. The average molecular weight is 1800 g/mol. The predicted molar refractivity (Wildman–Crippen MR) is 475 cm³/mol. The number of rotatable bonds is 29. The highest BCUT2D eigenvalue weighted by Gasteiger charge is 2.35. The van der Waals surface area contributed by atoms with Crippen molar-refractivity contribution < 1.29 is 66.0 Å². The molecule has 2 aliphatic heterocycles. The van der Waals surface area contributed by atoms with Crippen LogP contribution in [0.2, 0.25) is 0 Å². The van der Waals surface area contributed by atoms with Gasteiger partial charge in [0.15, 0.2) is 0 Å². The van der Waals surface area contributed by atoms with Crippen molar-refractivity contribution in [3.05, 3.63) is 94.3 Å². The molecule has 4 aromatic carbocycles. The molecule has 5 saturated carbocycles. The maximum Gasteiger partial charge on any atom is 0.243 e. The summed E-state index contributed by atoms with van der Waals surface area (Å²) in [6.45, 7) is 22.1. The zero-order valence-corrected chi connectivity index (χ0v) is 75.3. The van der Waals surface area contributed by atoms with Crippen LogP contribution in [0, 0.1) is 55.4 Å². The Morgan fingerprint density at radius 2 is 0.704 bits per heavy atom. The SMILES string of the molecule is COCCNc1nc2c(S(=O)(=O)NC3CCCC3)cc(-c3c(C)noc3C)cc2[nH]1.Cc1noc(C)c1-c1cc(S(=O)(=O)NC2CCCC2)c2nc(NC3CC3)[nH]c2c1.Cc1noc(C)c1-c1cc(S(=O)(=O)NC2CCCC2)c2nc(NCC3CCCO3)[nH]c2c1.Cc1noc(C)c1-c1cc(S(=O)(=O)NC2CCCC2)c2nc(NCCN3CCOCC3)[nH]c2c1. The summed E-state index contributed by atoms with van der Waals surface area (Å²) in [5.41, 5.74) is 13.3. The molecule has 8 aromatic heterocycles. The summed E-state index contributed by atoms with van der Waals surface area (Å²) in [7, 11) is -13.4. The van der Waals surface area contributed by atoms with Gasteiger partial charge in [-0.3, -0.25) is 4.90 Å². The van der Waals surface area contributed by atoms with Gasteiger partial charge in [-0.15, -0.1) is 0 Å². The predicted octanol–water partition coefficient (Wildman–Crippen LogP) is 13.2. The lowest BCUT2D eigenvalue weighted by molar-refractivity contribution is 0.0398. The van der Waals surface area contributed by atoms with Crippen LogP contribution in [-0.2, 0) is 54.3 Å². The topological polar surface area (TPSA) is 483 Å². The number of H-pyrrole nitrogens is 4. The van der Waals surface area contributed by atoms with Crippen LogP contribution in [0.25, 0.3) is 88.6 Å². The molecule has 5 aliphatic carbocycles. The molecule has 7 fully saturated rings. The number of benzene rings is 4. The third kappa shape index (κ3) is 20.6. The second-order valence-electron chi connectivity index (χ2n) is 33.8. The van der Waals surface area contributed by atoms with Crippen molar-refractivity contribution in [2.24, 2.45) is 0 Å². The lowest BCUT2D eigenvalue weighted by Gasteiger charge is -2.26. The van der Waals surface area contributed by atoms with Gasteiger partial charge >= 0.3 is 0 Å². The molecule has 1 unspecified atom stereocenters. The smallest absolute Gasteiger partial charge is 0.243 e. The van der Waals surface area contributed by atoms with E-state index in [0.717, 1.165) is 218 Å². The number of anilines is 4. The molecule has 672 valence electrons. The Hall–Kier alpha value is -9.72. The van der Waals surface area contributed by atoms with Crippen LogP contribution in [0.1, 0.15) is 174 Å². The maximum atomic E-state index is 13.5. The minimum Gasteiger partial charge on any atom is -0.383 e. The Kier molecular flexibility index (Phi) is 27.0. The van der Waals surface area contributed by atoms with Crippen LogP contribution in [0.5, 0.6) is 0 Å². The number of ether oxygens (including phenoxy) is 3. The Morgan fingerprint density at radius 3 is 1.01 bits per heavy atom. The first-order valence-electron chi connectivity index (χ1n) is 43.5. The number of morpholine rings is 1. The van der Waals surface area contributed by atoms with Gasteiger partial charge in [-0.05, 0) is 203 Å². The van der Waals surface area contributed by atoms with Crippen LogP contribution in [0.4, 0.5) is 23.8 Å². The number of fused-ring (bicyclic) bond motifs is 4. The van der Waals surface area contributed by atoms with Crippen molar-refractivity contribution in [1.82, 2.24) is 84.3 Å². The van der Waals surface area contributed by atoms with E-state index >= 15 is 0 Å². The van der Waals surface area contributed by atoms with Gasteiger partial charge in [-0.2, -0.15) is 0 Å². The Balaban J connectivity index is 0.000000123. The van der Waals surface area contributed by atoms with Gasteiger partial charge in [0.05, 0.1) is 70.8 Å². The summed E-state index contributed by atoms with van der Waals surface area (Å²) in [6, 6.07) is 14.6. The van der Waals surface area contributed by atoms with E-state index in [4.69, 9.17) is 32.3 Å². The van der Waals surface area contributed by atoms with Crippen molar-refractivity contribution in [3.63, 3.8) is 0 Å². The standard InChI is InChI=1S/C23H32N6O4S.C22H29N5O4S.C20H27N5O4S.C20H25N5O3S/c1-15-21(16(2)33-27-15)17-13-19-22(20(14-17)34(30,31)28-18-5-3-4-6-18)26-23(25-19)24-7-8-29-9-11-32-12-10-29;1-13-20(14(2)31-26-13)15-10-18-21(25-22(24-18)23-12-17-8-5-9-30-17)19(11-15)32(28,29)27-16-6-3-4-7-16;1-12-18(13(2)29-24-12)14-10-16-19(23-20(22-16)21-8-9-28-3)17(11-14)30(26,27)25-15-6-4-5-7-15;1-11-18(12(2)28-24-11)13-9-16-19(23-20(22-16)21-14-7-8-14)17(10-13)29(26,27)25-15-5-3-4-6-15/h13-14,18,28H,3-12H2,1-2H3,(H2,24,25,26);10-11,16-17,27H,3-9,12H2,1-2H3,(H2,23,24,25);10-11,15,25H,4-9H2,1-3H3,(H2,21,22,23);9-10,14-15,25H,3-8H2,1-2H3,(H2,21,22,23). The van der Waals surface area contributed by atoms with Crippen molar-refractivity contribution in [3.8, 4) is 44.5 Å². The highest BCUT2D eigenvalue weighted by atomic mass is 32.2. The van der Waals surface area contributed by atoms with Gasteiger partial charge in [0, 0.05) is 105 Å². The summed E-state index contributed by atoms with van der Waals surface area (Å²) in [4.78, 5) is 34.3. The molecule has 12 N–H and O–H groups in total. The zero-order chi connectivity index (χ0) is 87.5. The molecule has 7 aliphatic rings. The molecule has 40 heteroatoms. The number of nitrogens with zero attached hydrogens (tertiary/aromatic N) is 9. The number of hydrogen-bond donors (Lipinski definition) is 12. The van der Waals surface area contributed by atoms with Crippen molar-refractivity contribution in [2.75, 3.05) is 94.1 Å². The van der Waals surface area contributed by atoms with Crippen molar-refractivity contribution in [2.45, 2.75) is 240 Å². The summed E-state index contributed by atoms with van der Waals surface area (Å²) in [6.07, 6.45) is 19.7. The average Bonchev–Trinajstić information content (AvgIpc) is 1.66. The molecule has 0 bridgehead atoms. The van der Waals surface area contributed by atoms with Gasteiger partial charge in [-0.1, -0.05) is 72.0 Å². The number of nitrogens with one attached hydrogen (secondary N) is 12. The monoisotopic (exact) mass is 1800 g/mol. The molecule has 36 nitrogen and oxygen atoms in total. The fourth-order valence-electron chi connectivity index (χ4n) is 17.8. The van der Waals surface area contributed by atoms with Gasteiger partial charge in [-0.25, -0.2) is 72.5 Å². The summed E-state index contributed by atoms with van der Waals surface area (Å²) in [5.74, 6) is 4.77. The number of hydrogen-bond acceptors (Lipinski definition) is 28. The molecule has 12 aromatic rings. The Morgan fingerprint density at radius 1 is 0.384 bits per heavy atom. The molecular weight excluding hydrogens is 1680 g/mol. The van der Waals surface area contributed by atoms with Crippen molar-refractivity contribution >= 4 is 108 Å². The van der Waals surface area contributed by atoms with Gasteiger partial charge in [0.2, 0.25) is 63.9 Å². The molecule has 125 heavy (non-hydrogen) atoms. The lowest BCUT2D eigenvalue weighted by atomic mass is 10.0. The number of aryl methyl sites for hydroxylation is 8. The molecule has 0 radical (unpaired) electrons. The number of aromatic nitrogens is 12. The van der Waals surface area contributed by atoms with Crippen LogP contribution < -0.4 is 40.2 Å². The van der Waals surface area contributed by atoms with Crippen LogP contribution in [-0.4, -0.2) is 208 Å². The minimum atomic E-state index is -3.77. The molecule has 2 saturated heterocycles. The third-order valence-corrected chi connectivity index (χ3v) is 30.4. The molecule has 19 rings (SSSR count). The van der Waals surface area contributed by atoms with Gasteiger partial charge in [0.1, 0.15) is 64.7 Å². The number of sulfonamides is 4. The third-order valence-electron chi connectivity index (χ3n) is 24.2. The van der Waals surface area contributed by atoms with E-state index in [1.807, 2.05) is 79.7 Å². The maximum absolute atomic E-state index is 13.5. The van der Waals surface area contributed by atoms with Crippen LogP contribution >= 0.6 is 0 Å². The fraction of sp³-hybridized carbons (Fsp3) is 0.529. The van der Waals surface area contributed by atoms with Crippen LogP contribution in [0.15, 0.2) is 86.2 Å². The highest BCUT2D eigenvalue weighted by molar-refractivity contribution is 7.90. The highest BCUT2D eigenvalue weighted by Crippen LogP contribution is 2.41. The molecule has 1 atom stereocenters. The second kappa shape index (κ2) is 38.1. The van der Waals surface area contributed by atoms with E-state index in [9.17, 15) is 33.7 Å². The quantitative estimate of drug-likeness (QED) is 0.0194. The lowest BCUT2D eigenvalue weighted by Crippen LogP contribution is -2.39. The Labute approximate surface area is 726 Å². The van der Waals surface area contributed by atoms with E-state index in [-0.39, 0.29) is 49.9 Å². The first kappa shape index (κ1) is 88.7. The van der Waals surface area contributed by atoms with E-state index in [1.165, 1.54) is 0 Å². The van der Waals surface area contributed by atoms with Crippen molar-refractivity contribution in [1.29, 1.82) is 0 Å². The summed E-state index contributed by atoms with van der Waals surface area (Å²) in [5, 5.41) is 29.1. The normalized spacial score (nSPS) is 17.9. The molecular formula is C85H113N21O15S4. The zero-order valence-electron chi connectivity index (χ0n) is 72.1. The van der Waals surface area contributed by atoms with E-state index < -0.39 is 40.1 Å². The number of aromatic amines is 4. The second-order valence-corrected chi connectivity index (χ2v) is 40.5. The molecule has 0 amide bonds. The minimum absolute atomic E-state index is 0.0132. The van der Waals surface area contributed by atoms with Gasteiger partial charge < -0.3 is 73.5 Å². The number of imidazole rings is 4. The summed E-state index contributed by atoms with van der Waals surface area (Å²) < 4.78 is 156. The first-order valence-corrected chi connectivity index (χ1v) is 49.4.